The Morgan fingerprint density at radius 1 is 1.21 bits per heavy atom. The van der Waals surface area contributed by atoms with Gasteiger partial charge in [0.05, 0.1) is 20.3 Å². The summed E-state index contributed by atoms with van der Waals surface area (Å²) in [4.78, 5) is 30.7. The number of hydrogen-bond acceptors (Lipinski definition) is 6. The Kier molecular flexibility index (Phi) is 8.21. The third kappa shape index (κ3) is 6.50. The number of carbonyl (C=O) groups excluding carboxylic acids is 2. The Balaban J connectivity index is 2.04. The first kappa shape index (κ1) is 21.6. The second-order valence-corrected chi connectivity index (χ2v) is 7.27. The second kappa shape index (κ2) is 10.6. The lowest BCUT2D eigenvalue weighted by atomic mass is 10.3. The van der Waals surface area contributed by atoms with Crippen LogP contribution in [0, 0.1) is 0 Å². The average Bonchev–Trinajstić information content (AvgIpc) is 3.14. The summed E-state index contributed by atoms with van der Waals surface area (Å²) in [6.07, 6.45) is 0. The minimum Gasteiger partial charge on any atom is -0.497 e. The standard InChI is InChI=1S/C19H26N4O4S/c1-13(2)20-18(24)16-12-28-17(22-16)11-23(9-10-26-3)19(25)21-14-5-7-15(27-4)8-6-14/h5-8,12-13H,9-11H2,1-4H3,(H,20,24)(H,21,25). The normalized spacial score (nSPS) is 10.6. The van der Waals surface area contributed by atoms with Gasteiger partial charge in [-0.05, 0) is 38.1 Å². The predicted octanol–water partition coefficient (Wildman–Crippen LogP) is 2.97. The molecule has 1 heterocycles. The number of methoxy groups -OCH3 is 2. The maximum atomic E-state index is 12.7. The average molecular weight is 407 g/mol. The van der Waals surface area contributed by atoms with Crippen LogP contribution in [0.25, 0.3) is 0 Å². The van der Waals surface area contributed by atoms with E-state index in [2.05, 4.69) is 15.6 Å². The zero-order valence-corrected chi connectivity index (χ0v) is 17.3. The summed E-state index contributed by atoms with van der Waals surface area (Å²) in [5.41, 5.74) is 1.01. The lowest BCUT2D eigenvalue weighted by Gasteiger charge is -2.22. The minimum atomic E-state index is -0.273. The van der Waals surface area contributed by atoms with Gasteiger partial charge in [0, 0.05) is 30.8 Å². The number of ether oxygens (including phenoxy) is 2. The van der Waals surface area contributed by atoms with Crippen LogP contribution in [0.4, 0.5) is 10.5 Å². The molecule has 1 aromatic carbocycles. The molecule has 0 aliphatic heterocycles. The molecule has 0 unspecified atom stereocenters. The fourth-order valence-electron chi connectivity index (χ4n) is 2.32. The number of nitrogens with one attached hydrogen (secondary N) is 2. The molecule has 2 N–H and O–H groups in total. The van der Waals surface area contributed by atoms with E-state index in [0.29, 0.717) is 35.3 Å². The van der Waals surface area contributed by atoms with Gasteiger partial charge in [-0.1, -0.05) is 0 Å². The van der Waals surface area contributed by atoms with Crippen LogP contribution in [0.1, 0.15) is 29.3 Å². The minimum absolute atomic E-state index is 0.0334. The van der Waals surface area contributed by atoms with Crippen LogP contribution >= 0.6 is 11.3 Å². The first-order valence-corrected chi connectivity index (χ1v) is 9.75. The van der Waals surface area contributed by atoms with Crippen LogP contribution in [0.2, 0.25) is 0 Å². The van der Waals surface area contributed by atoms with E-state index in [1.165, 1.54) is 11.3 Å². The molecule has 0 radical (unpaired) electrons. The quantitative estimate of drug-likeness (QED) is 0.668. The van der Waals surface area contributed by atoms with E-state index < -0.39 is 0 Å². The van der Waals surface area contributed by atoms with E-state index >= 15 is 0 Å². The van der Waals surface area contributed by atoms with Crippen molar-refractivity contribution < 1.29 is 19.1 Å². The lowest BCUT2D eigenvalue weighted by molar-refractivity contribution is 0.0938. The van der Waals surface area contributed by atoms with Gasteiger partial charge in [0.15, 0.2) is 0 Å². The molecule has 0 aliphatic carbocycles. The summed E-state index contributed by atoms with van der Waals surface area (Å²) >= 11 is 1.34. The molecule has 0 fully saturated rings. The molecule has 0 spiro atoms. The molecule has 0 atom stereocenters. The number of anilines is 1. The number of nitrogens with zero attached hydrogens (tertiary/aromatic N) is 2. The van der Waals surface area contributed by atoms with Crippen LogP contribution in [-0.4, -0.2) is 55.2 Å². The van der Waals surface area contributed by atoms with Crippen molar-refractivity contribution in [3.63, 3.8) is 0 Å². The van der Waals surface area contributed by atoms with Crippen LogP contribution in [0.5, 0.6) is 5.75 Å². The highest BCUT2D eigenvalue weighted by Crippen LogP contribution is 2.17. The van der Waals surface area contributed by atoms with Crippen LogP contribution in [0.3, 0.4) is 0 Å². The SMILES string of the molecule is COCCN(Cc1nc(C(=O)NC(C)C)cs1)C(=O)Nc1ccc(OC)cc1. The molecule has 1 aromatic heterocycles. The number of carbonyl (C=O) groups is 2. The number of urea groups is 1. The molecule has 0 saturated carbocycles. The summed E-state index contributed by atoms with van der Waals surface area (Å²) in [6.45, 7) is 4.85. The van der Waals surface area contributed by atoms with Crippen molar-refractivity contribution in [1.82, 2.24) is 15.2 Å². The fraction of sp³-hybridized carbons (Fsp3) is 0.421. The highest BCUT2D eigenvalue weighted by Gasteiger charge is 2.18. The highest BCUT2D eigenvalue weighted by molar-refractivity contribution is 7.09. The molecule has 0 aliphatic rings. The molecule has 9 heteroatoms. The molecule has 2 aromatic rings. The van der Waals surface area contributed by atoms with Crippen molar-refractivity contribution >= 4 is 29.0 Å². The summed E-state index contributed by atoms with van der Waals surface area (Å²) < 4.78 is 10.2. The topological polar surface area (TPSA) is 92.8 Å². The van der Waals surface area contributed by atoms with E-state index in [1.54, 1.807) is 48.8 Å². The first-order valence-electron chi connectivity index (χ1n) is 8.87. The van der Waals surface area contributed by atoms with Gasteiger partial charge < -0.3 is 25.0 Å². The maximum absolute atomic E-state index is 12.7. The molecule has 3 amide bonds. The summed E-state index contributed by atoms with van der Waals surface area (Å²) in [7, 11) is 3.17. The lowest BCUT2D eigenvalue weighted by Crippen LogP contribution is -2.37. The monoisotopic (exact) mass is 406 g/mol. The number of amides is 3. The van der Waals surface area contributed by atoms with Gasteiger partial charge in [0.25, 0.3) is 5.91 Å². The zero-order chi connectivity index (χ0) is 20.5. The van der Waals surface area contributed by atoms with Crippen molar-refractivity contribution in [2.45, 2.75) is 26.4 Å². The van der Waals surface area contributed by atoms with Gasteiger partial charge in [-0.3, -0.25) is 4.79 Å². The van der Waals surface area contributed by atoms with Crippen molar-refractivity contribution in [1.29, 1.82) is 0 Å². The zero-order valence-electron chi connectivity index (χ0n) is 16.5. The molecular formula is C19H26N4O4S. The number of aromatic nitrogens is 1. The van der Waals surface area contributed by atoms with Crippen molar-refractivity contribution in [3.05, 3.63) is 40.3 Å². The predicted molar refractivity (Wildman–Crippen MR) is 109 cm³/mol. The van der Waals surface area contributed by atoms with E-state index in [1.807, 2.05) is 13.8 Å². The van der Waals surface area contributed by atoms with Gasteiger partial charge in [0.1, 0.15) is 16.5 Å². The van der Waals surface area contributed by atoms with Crippen molar-refractivity contribution in [2.24, 2.45) is 0 Å². The summed E-state index contributed by atoms with van der Waals surface area (Å²) in [5, 5.41) is 8.03. The first-order chi connectivity index (χ1) is 13.4. The molecule has 152 valence electrons. The van der Waals surface area contributed by atoms with Gasteiger partial charge >= 0.3 is 6.03 Å². The Bertz CT molecular complexity index is 776. The number of rotatable bonds is 9. The van der Waals surface area contributed by atoms with Crippen LogP contribution < -0.4 is 15.4 Å². The van der Waals surface area contributed by atoms with Crippen LogP contribution in [-0.2, 0) is 11.3 Å². The van der Waals surface area contributed by atoms with Gasteiger partial charge in [-0.15, -0.1) is 11.3 Å². The number of hydrogen-bond donors (Lipinski definition) is 2. The summed E-state index contributed by atoms with van der Waals surface area (Å²) in [6, 6.07) is 6.84. The van der Waals surface area contributed by atoms with Gasteiger partial charge in [-0.25, -0.2) is 9.78 Å². The highest BCUT2D eigenvalue weighted by atomic mass is 32.1. The van der Waals surface area contributed by atoms with E-state index in [4.69, 9.17) is 9.47 Å². The Hall–Kier alpha value is -2.65. The van der Waals surface area contributed by atoms with Gasteiger partial charge in [-0.2, -0.15) is 0 Å². The van der Waals surface area contributed by atoms with Crippen molar-refractivity contribution in [3.8, 4) is 5.75 Å². The largest absolute Gasteiger partial charge is 0.497 e. The number of benzene rings is 1. The maximum Gasteiger partial charge on any atom is 0.322 e. The van der Waals surface area contributed by atoms with E-state index in [-0.39, 0.29) is 24.5 Å². The fourth-order valence-corrected chi connectivity index (χ4v) is 3.11. The molecule has 28 heavy (non-hydrogen) atoms. The molecule has 0 saturated heterocycles. The smallest absolute Gasteiger partial charge is 0.322 e. The van der Waals surface area contributed by atoms with E-state index in [9.17, 15) is 9.59 Å². The third-order valence-corrected chi connectivity index (χ3v) is 4.56. The summed E-state index contributed by atoms with van der Waals surface area (Å²) in [5.74, 6) is 0.493. The second-order valence-electron chi connectivity index (χ2n) is 6.33. The van der Waals surface area contributed by atoms with Crippen LogP contribution in [0.15, 0.2) is 29.6 Å². The van der Waals surface area contributed by atoms with E-state index in [0.717, 1.165) is 0 Å². The molecular weight excluding hydrogens is 380 g/mol. The molecule has 2 rings (SSSR count). The van der Waals surface area contributed by atoms with Gasteiger partial charge in [0.2, 0.25) is 0 Å². The molecule has 0 bridgehead atoms. The Labute approximate surface area is 168 Å². The third-order valence-electron chi connectivity index (χ3n) is 3.72. The number of thiazole rings is 1. The molecule has 8 nitrogen and oxygen atoms in total. The Morgan fingerprint density at radius 2 is 1.93 bits per heavy atom. The van der Waals surface area contributed by atoms with Crippen molar-refractivity contribution in [2.75, 3.05) is 32.7 Å². The Morgan fingerprint density at radius 3 is 2.54 bits per heavy atom.